The third-order valence-electron chi connectivity index (χ3n) is 5.21. The number of fused-ring (bicyclic) bond motifs is 1. The van der Waals surface area contributed by atoms with Crippen molar-refractivity contribution in [2.75, 3.05) is 16.8 Å². The lowest BCUT2D eigenvalue weighted by Crippen LogP contribution is -2.50. The van der Waals surface area contributed by atoms with Gasteiger partial charge in [0, 0.05) is 18.6 Å². The summed E-state index contributed by atoms with van der Waals surface area (Å²) in [5.74, 6) is 1.75. The zero-order valence-electron chi connectivity index (χ0n) is 12.4. The average Bonchev–Trinajstić information content (AvgIpc) is 2.42. The quantitative estimate of drug-likeness (QED) is 0.814. The first-order valence-electron chi connectivity index (χ1n) is 7.78. The van der Waals surface area contributed by atoms with E-state index in [4.69, 9.17) is 0 Å². The maximum atomic E-state index is 3.56. The molecule has 1 aromatic carbocycles. The van der Waals surface area contributed by atoms with E-state index in [1.54, 1.807) is 0 Å². The number of para-hydroxylation sites is 2. The highest BCUT2D eigenvalue weighted by atomic mass is 15.2. The molecule has 4 unspecified atom stereocenters. The summed E-state index contributed by atoms with van der Waals surface area (Å²) in [6, 6.07) is 10.1. The smallest absolute Gasteiger partial charge is 0.0607 e. The largest absolute Gasteiger partial charge is 0.381 e. The molecule has 3 rings (SSSR count). The van der Waals surface area contributed by atoms with Gasteiger partial charge in [0.25, 0.3) is 0 Å². The molecule has 19 heavy (non-hydrogen) atoms. The molecule has 4 atom stereocenters. The van der Waals surface area contributed by atoms with Crippen molar-refractivity contribution in [1.29, 1.82) is 0 Å². The van der Waals surface area contributed by atoms with Crippen LogP contribution >= 0.6 is 0 Å². The van der Waals surface area contributed by atoms with Gasteiger partial charge in [-0.15, -0.1) is 0 Å². The Bertz CT molecular complexity index is 443. The van der Waals surface area contributed by atoms with Gasteiger partial charge in [0.1, 0.15) is 0 Å². The van der Waals surface area contributed by atoms with Gasteiger partial charge in [-0.25, -0.2) is 0 Å². The molecule has 1 fully saturated rings. The van der Waals surface area contributed by atoms with Gasteiger partial charge in [0.05, 0.1) is 11.4 Å². The molecule has 2 nitrogen and oxygen atoms in total. The molecule has 2 aliphatic rings. The van der Waals surface area contributed by atoms with E-state index in [0.717, 1.165) is 24.4 Å². The third kappa shape index (κ3) is 2.33. The lowest BCUT2D eigenvalue weighted by atomic mass is 9.78. The van der Waals surface area contributed by atoms with Crippen LogP contribution < -0.4 is 10.2 Å². The van der Waals surface area contributed by atoms with Crippen LogP contribution in [0.2, 0.25) is 0 Å². The summed E-state index contributed by atoms with van der Waals surface area (Å²) in [5, 5.41) is 3.56. The van der Waals surface area contributed by atoms with Gasteiger partial charge in [0.2, 0.25) is 0 Å². The van der Waals surface area contributed by atoms with E-state index in [1.807, 2.05) is 0 Å². The van der Waals surface area contributed by atoms with Crippen LogP contribution in [0.25, 0.3) is 0 Å². The minimum Gasteiger partial charge on any atom is -0.381 e. The van der Waals surface area contributed by atoms with E-state index >= 15 is 0 Å². The van der Waals surface area contributed by atoms with Gasteiger partial charge >= 0.3 is 0 Å². The number of hydrogen-bond acceptors (Lipinski definition) is 2. The van der Waals surface area contributed by atoms with E-state index in [0.29, 0.717) is 6.04 Å². The highest BCUT2D eigenvalue weighted by molar-refractivity contribution is 5.73. The Hall–Kier alpha value is -1.18. The molecule has 0 radical (unpaired) electrons. The van der Waals surface area contributed by atoms with E-state index in [2.05, 4.69) is 55.3 Å². The fourth-order valence-corrected chi connectivity index (χ4v) is 3.77. The summed E-state index contributed by atoms with van der Waals surface area (Å²) in [5.41, 5.74) is 2.72. The second kappa shape index (κ2) is 5.07. The SMILES string of the molecule is CC1CCC(N2c3ccccc3NCC2C)CC1C. The van der Waals surface area contributed by atoms with Crippen molar-refractivity contribution < 1.29 is 0 Å². The Morgan fingerprint density at radius 1 is 1.05 bits per heavy atom. The minimum absolute atomic E-state index is 0.598. The first-order chi connectivity index (χ1) is 9.16. The molecule has 1 aromatic rings. The summed E-state index contributed by atoms with van der Waals surface area (Å²) >= 11 is 0. The van der Waals surface area contributed by atoms with Crippen LogP contribution in [0.4, 0.5) is 11.4 Å². The number of hydrogen-bond donors (Lipinski definition) is 1. The predicted octanol–water partition coefficient (Wildman–Crippen LogP) is 4.13. The normalized spacial score (nSPS) is 34.6. The molecular weight excluding hydrogens is 232 g/mol. The van der Waals surface area contributed by atoms with Crippen LogP contribution in [0.5, 0.6) is 0 Å². The summed E-state index contributed by atoms with van der Waals surface area (Å²) in [7, 11) is 0. The Morgan fingerprint density at radius 3 is 2.63 bits per heavy atom. The maximum Gasteiger partial charge on any atom is 0.0607 e. The lowest BCUT2D eigenvalue weighted by molar-refractivity contribution is 0.238. The molecule has 1 aliphatic carbocycles. The second-order valence-electron chi connectivity index (χ2n) is 6.58. The molecule has 1 aliphatic heterocycles. The first-order valence-corrected chi connectivity index (χ1v) is 7.78. The zero-order valence-corrected chi connectivity index (χ0v) is 12.4. The van der Waals surface area contributed by atoms with Crippen molar-refractivity contribution in [2.24, 2.45) is 11.8 Å². The Morgan fingerprint density at radius 2 is 1.84 bits per heavy atom. The Balaban J connectivity index is 1.87. The molecule has 0 spiro atoms. The number of nitrogens with one attached hydrogen (secondary N) is 1. The molecule has 104 valence electrons. The number of anilines is 2. The zero-order chi connectivity index (χ0) is 13.4. The predicted molar refractivity (Wildman–Crippen MR) is 82.8 cm³/mol. The number of rotatable bonds is 1. The monoisotopic (exact) mass is 258 g/mol. The molecule has 1 saturated carbocycles. The van der Waals surface area contributed by atoms with E-state index in [-0.39, 0.29) is 0 Å². The van der Waals surface area contributed by atoms with E-state index < -0.39 is 0 Å². The molecule has 0 bridgehead atoms. The Labute approximate surface area is 117 Å². The van der Waals surface area contributed by atoms with Crippen LogP contribution in [0.3, 0.4) is 0 Å². The fourth-order valence-electron chi connectivity index (χ4n) is 3.77. The summed E-state index contributed by atoms with van der Waals surface area (Å²) in [6.45, 7) is 8.26. The van der Waals surface area contributed by atoms with E-state index in [1.165, 1.54) is 30.6 Å². The van der Waals surface area contributed by atoms with Gasteiger partial charge in [-0.05, 0) is 50.2 Å². The van der Waals surface area contributed by atoms with Gasteiger partial charge in [-0.2, -0.15) is 0 Å². The van der Waals surface area contributed by atoms with Crippen molar-refractivity contribution in [3.05, 3.63) is 24.3 Å². The highest BCUT2D eigenvalue weighted by Crippen LogP contribution is 2.39. The third-order valence-corrected chi connectivity index (χ3v) is 5.21. The van der Waals surface area contributed by atoms with Gasteiger partial charge in [-0.1, -0.05) is 26.0 Å². The number of benzene rings is 1. The summed E-state index contributed by atoms with van der Waals surface area (Å²) in [6.07, 6.45) is 4.08. The number of nitrogens with zero attached hydrogens (tertiary/aromatic N) is 1. The molecule has 0 amide bonds. The van der Waals surface area contributed by atoms with Crippen LogP contribution in [-0.4, -0.2) is 18.6 Å². The molecule has 1 heterocycles. The minimum atomic E-state index is 0.598. The lowest BCUT2D eigenvalue weighted by Gasteiger charge is -2.46. The van der Waals surface area contributed by atoms with Crippen LogP contribution in [0, 0.1) is 11.8 Å². The van der Waals surface area contributed by atoms with Crippen LogP contribution in [0.1, 0.15) is 40.0 Å². The molecule has 0 aromatic heterocycles. The van der Waals surface area contributed by atoms with Crippen molar-refractivity contribution in [3.63, 3.8) is 0 Å². The molecule has 2 heteroatoms. The maximum absolute atomic E-state index is 3.56. The molecule has 1 N–H and O–H groups in total. The summed E-state index contributed by atoms with van der Waals surface area (Å²) in [4.78, 5) is 2.69. The molecular formula is C17H26N2. The topological polar surface area (TPSA) is 15.3 Å². The van der Waals surface area contributed by atoms with Gasteiger partial charge in [0.15, 0.2) is 0 Å². The van der Waals surface area contributed by atoms with Crippen LogP contribution in [-0.2, 0) is 0 Å². The van der Waals surface area contributed by atoms with Crippen molar-refractivity contribution in [1.82, 2.24) is 0 Å². The van der Waals surface area contributed by atoms with E-state index in [9.17, 15) is 0 Å². The van der Waals surface area contributed by atoms with Crippen molar-refractivity contribution in [3.8, 4) is 0 Å². The highest BCUT2D eigenvalue weighted by Gasteiger charge is 2.33. The van der Waals surface area contributed by atoms with Crippen LogP contribution in [0.15, 0.2) is 24.3 Å². The Kier molecular flexibility index (Phi) is 3.42. The molecule has 0 saturated heterocycles. The van der Waals surface area contributed by atoms with Crippen molar-refractivity contribution >= 4 is 11.4 Å². The second-order valence-corrected chi connectivity index (χ2v) is 6.58. The fraction of sp³-hybridized carbons (Fsp3) is 0.647. The first kappa shape index (κ1) is 12.8. The van der Waals surface area contributed by atoms with Crippen molar-refractivity contribution in [2.45, 2.75) is 52.1 Å². The summed E-state index contributed by atoms with van der Waals surface area (Å²) < 4.78 is 0. The van der Waals surface area contributed by atoms with Gasteiger partial charge < -0.3 is 10.2 Å². The average molecular weight is 258 g/mol. The van der Waals surface area contributed by atoms with Gasteiger partial charge in [-0.3, -0.25) is 0 Å². The standard InChI is InChI=1S/C17H26N2/c1-12-8-9-15(10-13(12)2)19-14(3)11-18-16-6-4-5-7-17(16)19/h4-7,12-15,18H,8-11H2,1-3H3.